The molecular formula is C45H70FN7O9. The van der Waals surface area contributed by atoms with Gasteiger partial charge in [0.2, 0.25) is 23.6 Å². The summed E-state index contributed by atoms with van der Waals surface area (Å²) < 4.78 is 24.2. The van der Waals surface area contributed by atoms with E-state index in [2.05, 4.69) is 28.2 Å². The molecule has 17 heteroatoms. The molecule has 2 aromatic rings. The van der Waals surface area contributed by atoms with Crippen LogP contribution < -0.4 is 27.0 Å². The molecule has 0 aliphatic rings. The van der Waals surface area contributed by atoms with Crippen LogP contribution in [0.4, 0.5) is 9.18 Å². The van der Waals surface area contributed by atoms with Gasteiger partial charge in [-0.1, -0.05) is 101 Å². The van der Waals surface area contributed by atoms with Gasteiger partial charge in [0.25, 0.3) is 0 Å². The first-order chi connectivity index (χ1) is 29.5. The minimum Gasteiger partial charge on any atom is -0.480 e. The van der Waals surface area contributed by atoms with E-state index in [9.17, 15) is 38.3 Å². The van der Waals surface area contributed by atoms with Crippen LogP contribution in [0.5, 0.6) is 0 Å². The second kappa shape index (κ2) is 28.5. The highest BCUT2D eigenvalue weighted by Gasteiger charge is 2.36. The monoisotopic (exact) mass is 872 g/mol. The number of nitrogens with one attached hydrogen (secondary N) is 4. The van der Waals surface area contributed by atoms with Gasteiger partial charge >= 0.3 is 12.1 Å². The van der Waals surface area contributed by atoms with Crippen LogP contribution in [0.1, 0.15) is 91.2 Å². The molecule has 0 saturated carbocycles. The zero-order chi connectivity index (χ0) is 46.2. The van der Waals surface area contributed by atoms with Crippen LogP contribution in [0.15, 0.2) is 60.7 Å². The lowest BCUT2D eigenvalue weighted by atomic mass is 10.0. The summed E-state index contributed by atoms with van der Waals surface area (Å²) in [5.74, 6) is -4.18. The van der Waals surface area contributed by atoms with Crippen molar-refractivity contribution in [1.82, 2.24) is 31.1 Å². The van der Waals surface area contributed by atoms with Crippen LogP contribution in [0.3, 0.4) is 0 Å². The van der Waals surface area contributed by atoms with E-state index in [4.69, 9.17) is 15.2 Å². The maximum absolute atomic E-state index is 14.0. The highest BCUT2D eigenvalue weighted by atomic mass is 19.1. The Bertz CT molecular complexity index is 1670. The van der Waals surface area contributed by atoms with Crippen LogP contribution in [-0.2, 0) is 46.7 Å². The zero-order valence-corrected chi connectivity index (χ0v) is 37.4. The molecule has 16 nitrogen and oxygen atoms in total. The van der Waals surface area contributed by atoms with Gasteiger partial charge in [-0.3, -0.25) is 28.5 Å². The van der Waals surface area contributed by atoms with E-state index in [1.54, 1.807) is 61.5 Å². The lowest BCUT2D eigenvalue weighted by Crippen LogP contribution is -2.61. The lowest BCUT2D eigenvalue weighted by Gasteiger charge is -2.36. The normalized spacial score (nSPS) is 14.7. The molecule has 0 saturated heterocycles. The molecule has 7 atom stereocenters. The van der Waals surface area contributed by atoms with Crippen molar-refractivity contribution < 1.29 is 47.7 Å². The predicted octanol–water partition coefficient (Wildman–Crippen LogP) is 3.91. The quantitative estimate of drug-likeness (QED) is 0.0644. The van der Waals surface area contributed by atoms with Gasteiger partial charge in [0.05, 0.1) is 32.0 Å². The van der Waals surface area contributed by atoms with Crippen LogP contribution in [-0.4, -0.2) is 126 Å². The largest absolute Gasteiger partial charge is 0.480 e. The summed E-state index contributed by atoms with van der Waals surface area (Å²) in [5, 5.41) is 20.1. The topological polar surface area (TPSA) is 222 Å². The molecule has 7 N–H and O–H groups in total. The van der Waals surface area contributed by atoms with Crippen molar-refractivity contribution in [1.29, 1.82) is 0 Å². The van der Waals surface area contributed by atoms with E-state index in [0.717, 1.165) is 31.2 Å². The number of carbonyl (C=O) groups is 6. The first-order valence-corrected chi connectivity index (χ1v) is 21.5. The maximum Gasteiger partial charge on any atom is 0.407 e. The van der Waals surface area contributed by atoms with Gasteiger partial charge in [0.15, 0.2) is 6.04 Å². The number of nitrogens with two attached hydrogens (primary N) is 1. The molecule has 62 heavy (non-hydrogen) atoms. The number of nitrogens with zero attached hydrogens (tertiary/aromatic N) is 2. The molecule has 2 aromatic carbocycles. The van der Waals surface area contributed by atoms with Crippen LogP contribution in [0, 0.1) is 5.92 Å². The Morgan fingerprint density at radius 2 is 1.42 bits per heavy atom. The average molecular weight is 872 g/mol. The van der Waals surface area contributed by atoms with Crippen molar-refractivity contribution in [3.8, 4) is 0 Å². The fraction of sp³-hybridized carbons (Fsp3) is 0.600. The summed E-state index contributed by atoms with van der Waals surface area (Å²) in [7, 11) is 1.53. The van der Waals surface area contributed by atoms with Gasteiger partial charge in [-0.2, -0.15) is 0 Å². The number of ether oxygens (including phenoxy) is 2. The zero-order valence-electron chi connectivity index (χ0n) is 37.4. The molecular weight excluding hydrogens is 802 g/mol. The van der Waals surface area contributed by atoms with E-state index in [1.807, 2.05) is 24.8 Å². The summed E-state index contributed by atoms with van der Waals surface area (Å²) >= 11 is 0. The van der Waals surface area contributed by atoms with Crippen molar-refractivity contribution in [2.45, 2.75) is 136 Å². The molecule has 0 radical (unpaired) electrons. The number of amides is 5. The van der Waals surface area contributed by atoms with Crippen molar-refractivity contribution in [3.05, 3.63) is 71.8 Å². The lowest BCUT2D eigenvalue weighted by molar-refractivity contribution is -0.147. The number of unbranched alkanes of at least 4 members (excludes halogenated alkanes) is 3. The van der Waals surface area contributed by atoms with E-state index < -0.39 is 85.4 Å². The molecule has 0 aliphatic heterocycles. The number of carbonyl (C=O) groups excluding carboxylic acids is 5. The van der Waals surface area contributed by atoms with Crippen LogP contribution in [0.2, 0.25) is 0 Å². The number of rotatable bonds is 29. The summed E-state index contributed by atoms with van der Waals surface area (Å²) in [5.41, 5.74) is 7.69. The van der Waals surface area contributed by atoms with E-state index in [1.165, 1.54) is 25.8 Å². The van der Waals surface area contributed by atoms with Crippen molar-refractivity contribution >= 4 is 35.7 Å². The number of hydrogen-bond acceptors (Lipinski definition) is 10. The maximum atomic E-state index is 14.0. The van der Waals surface area contributed by atoms with E-state index >= 15 is 0 Å². The molecule has 2 rings (SSSR count). The third-order valence-electron chi connectivity index (χ3n) is 10.4. The van der Waals surface area contributed by atoms with Gasteiger partial charge in [-0.05, 0) is 63.6 Å². The Hall–Kier alpha value is -5.13. The predicted molar refractivity (Wildman–Crippen MR) is 234 cm³/mol. The molecule has 0 fully saturated rings. The average Bonchev–Trinajstić information content (AvgIpc) is 3.25. The van der Waals surface area contributed by atoms with E-state index in [0.29, 0.717) is 18.7 Å². The highest BCUT2D eigenvalue weighted by Crippen LogP contribution is 2.16. The number of hydrogen-bond donors (Lipinski definition) is 6. The number of halogens is 1. The minimum absolute atomic E-state index is 0.0365. The third kappa shape index (κ3) is 19.3. The van der Waals surface area contributed by atoms with Crippen molar-refractivity contribution in [2.75, 3.05) is 33.4 Å². The Labute approximate surface area is 366 Å². The fourth-order valence-electron chi connectivity index (χ4n) is 6.58. The molecule has 0 heterocycles. The Balaban J connectivity index is 2.25. The van der Waals surface area contributed by atoms with Crippen molar-refractivity contribution in [3.63, 3.8) is 0 Å². The Morgan fingerprint density at radius 3 is 1.98 bits per heavy atom. The Morgan fingerprint density at radius 1 is 0.806 bits per heavy atom. The van der Waals surface area contributed by atoms with Gasteiger partial charge < -0.3 is 46.5 Å². The standard InChI is InChI=1S/C45H70FN7O9/c1-8-9-10-17-24-53(27-36(47)22-23-46)32(5)43(57)52(7)38(25-30(2)3)42(56)49-31(4)40(54)50-37(26-48-45(60)62-29-35-20-15-12-16-21-35)41(55)51-39(44(58)59)33(6)61-28-34-18-13-11-14-19-34/h11-16,18-21,30-33,36-39H,8-10,17,22-29,47H2,1-7H3,(H,48,60)(H,49,56)(H,50,54)(H,51,55)(H,58,59)/t31-,32-,33-,36+,37-,38-,39-/m0/s1. The summed E-state index contributed by atoms with van der Waals surface area (Å²) in [4.78, 5) is 83.7. The van der Waals surface area contributed by atoms with E-state index in [-0.39, 0.29) is 37.9 Å². The fourth-order valence-corrected chi connectivity index (χ4v) is 6.58. The first kappa shape index (κ1) is 53.0. The summed E-state index contributed by atoms with van der Waals surface area (Å²) in [6, 6.07) is 11.4. The van der Waals surface area contributed by atoms with Crippen molar-refractivity contribution in [2.24, 2.45) is 11.7 Å². The molecule has 346 valence electrons. The molecule has 5 amide bonds. The molecule has 0 unspecified atom stereocenters. The summed E-state index contributed by atoms with van der Waals surface area (Å²) in [6.07, 6.45) is 2.33. The minimum atomic E-state index is -1.55. The second-order valence-corrected chi connectivity index (χ2v) is 16.1. The molecule has 0 bridgehead atoms. The smallest absolute Gasteiger partial charge is 0.407 e. The highest BCUT2D eigenvalue weighted by molar-refractivity contribution is 5.95. The van der Waals surface area contributed by atoms with Gasteiger partial charge in [-0.25, -0.2) is 9.59 Å². The molecule has 0 spiro atoms. The number of likely N-dealkylation sites (N-methyl/N-ethyl adjacent to an activating group) is 1. The Kier molecular flexibility index (Phi) is 24.3. The number of alkyl halides is 1. The number of aliphatic carboxylic acids is 1. The number of alkyl carbamates (subject to hydrolysis) is 1. The number of carboxylic acid groups (broad SMARTS) is 1. The van der Waals surface area contributed by atoms with Gasteiger partial charge in [0, 0.05) is 19.6 Å². The summed E-state index contributed by atoms with van der Waals surface area (Å²) in [6.45, 7) is 10.3. The van der Waals surface area contributed by atoms with Crippen LogP contribution >= 0.6 is 0 Å². The van der Waals surface area contributed by atoms with Crippen LogP contribution in [0.25, 0.3) is 0 Å². The number of benzene rings is 2. The van der Waals surface area contributed by atoms with Gasteiger partial charge in [0.1, 0.15) is 24.7 Å². The molecule has 0 aromatic heterocycles. The second-order valence-electron chi connectivity index (χ2n) is 16.1. The molecule has 0 aliphatic carbocycles. The third-order valence-corrected chi connectivity index (χ3v) is 10.4. The first-order valence-electron chi connectivity index (χ1n) is 21.5. The van der Waals surface area contributed by atoms with Gasteiger partial charge in [-0.15, -0.1) is 0 Å². The SMILES string of the molecule is CCCCCCN(C[C@H](N)CCF)[C@@H](C)C(=O)N(C)[C@@H](CC(C)C)C(=O)N[C@@H](C)C(=O)N[C@@H](CNC(=O)OCc1ccccc1)C(=O)N[C@H](C(=O)O)[C@H](C)OCc1ccccc1. The number of carboxylic acids is 1.